The number of hydrogen-bond acceptors (Lipinski definition) is 3. The predicted octanol–water partition coefficient (Wildman–Crippen LogP) is 2.77. The highest BCUT2D eigenvalue weighted by Crippen LogP contribution is 2.26. The summed E-state index contributed by atoms with van der Waals surface area (Å²) in [6.45, 7) is 0.198. The van der Waals surface area contributed by atoms with Crippen LogP contribution in [0.5, 0.6) is 5.75 Å². The summed E-state index contributed by atoms with van der Waals surface area (Å²) >= 11 is 0. The van der Waals surface area contributed by atoms with Gasteiger partial charge >= 0.3 is 0 Å². The Morgan fingerprint density at radius 2 is 2.05 bits per heavy atom. The second-order valence-electron chi connectivity index (χ2n) is 4.45. The molecule has 0 saturated heterocycles. The van der Waals surface area contributed by atoms with Crippen molar-refractivity contribution in [2.45, 2.75) is 0 Å². The van der Waals surface area contributed by atoms with Crippen LogP contribution in [0.25, 0.3) is 0 Å². The maximum absolute atomic E-state index is 12.0. The van der Waals surface area contributed by atoms with Gasteiger partial charge in [-0.1, -0.05) is 30.2 Å². The summed E-state index contributed by atoms with van der Waals surface area (Å²) < 4.78 is 5.35. The Morgan fingerprint density at radius 3 is 2.90 bits per heavy atom. The average molecular weight is 276 g/mol. The van der Waals surface area contributed by atoms with Crippen LogP contribution < -0.4 is 10.1 Å². The van der Waals surface area contributed by atoms with Crippen molar-refractivity contribution in [1.82, 2.24) is 0 Å². The third-order valence-corrected chi connectivity index (χ3v) is 3.03. The third-order valence-electron chi connectivity index (χ3n) is 3.03. The molecular weight excluding hydrogens is 264 g/mol. The quantitative estimate of drug-likeness (QED) is 0.876. The van der Waals surface area contributed by atoms with Crippen molar-refractivity contribution < 1.29 is 9.53 Å². The zero-order valence-electron chi connectivity index (χ0n) is 11.2. The summed E-state index contributed by atoms with van der Waals surface area (Å²) in [6.07, 6.45) is 5.16. The lowest BCUT2D eigenvalue weighted by atomic mass is 10.1. The van der Waals surface area contributed by atoms with Crippen LogP contribution >= 0.6 is 0 Å². The van der Waals surface area contributed by atoms with E-state index in [0.717, 1.165) is 11.3 Å². The zero-order chi connectivity index (χ0) is 14.7. The molecule has 1 heterocycles. The van der Waals surface area contributed by atoms with Crippen molar-refractivity contribution >= 4 is 23.0 Å². The van der Waals surface area contributed by atoms with Crippen molar-refractivity contribution in [3.8, 4) is 18.1 Å². The van der Waals surface area contributed by atoms with E-state index in [2.05, 4.69) is 16.2 Å². The number of amides is 1. The molecule has 0 unspecified atom stereocenters. The Labute approximate surface area is 122 Å². The molecule has 4 heteroatoms. The molecule has 3 rings (SSSR count). The predicted molar refractivity (Wildman–Crippen MR) is 82.0 cm³/mol. The van der Waals surface area contributed by atoms with Crippen molar-refractivity contribution in [2.24, 2.45) is 4.99 Å². The van der Waals surface area contributed by atoms with E-state index >= 15 is 0 Å². The SMILES string of the molecule is C#CCOc1cccc(N=C2C(=O)Nc3ccccc32)c1. The number of terminal acetylenes is 1. The molecule has 1 amide bonds. The van der Waals surface area contributed by atoms with E-state index in [1.165, 1.54) is 0 Å². The van der Waals surface area contributed by atoms with Crippen molar-refractivity contribution in [2.75, 3.05) is 11.9 Å². The molecule has 0 aromatic heterocycles. The van der Waals surface area contributed by atoms with Gasteiger partial charge in [0.15, 0.2) is 0 Å². The number of hydrogen-bond donors (Lipinski definition) is 1. The molecular formula is C17H12N2O2. The minimum absolute atomic E-state index is 0.198. The standard InChI is InChI=1S/C17H12N2O2/c1-2-10-21-13-7-5-6-12(11-13)18-16-14-8-3-4-9-15(14)19-17(16)20/h1,3-9,11H,10H2,(H,18,19,20). The smallest absolute Gasteiger partial charge is 0.275 e. The van der Waals surface area contributed by atoms with Crippen molar-refractivity contribution in [3.63, 3.8) is 0 Å². The molecule has 0 atom stereocenters. The number of para-hydroxylation sites is 1. The van der Waals surface area contributed by atoms with E-state index in [-0.39, 0.29) is 12.5 Å². The number of nitrogens with zero attached hydrogens (tertiary/aromatic N) is 1. The van der Waals surface area contributed by atoms with Crippen LogP contribution in [0.3, 0.4) is 0 Å². The molecule has 0 bridgehead atoms. The number of nitrogens with one attached hydrogen (secondary N) is 1. The molecule has 1 aliphatic rings. The third kappa shape index (κ3) is 2.63. The fourth-order valence-electron chi connectivity index (χ4n) is 2.11. The zero-order valence-corrected chi connectivity index (χ0v) is 11.2. The summed E-state index contributed by atoms with van der Waals surface area (Å²) in [7, 11) is 0. The van der Waals surface area contributed by atoms with Gasteiger partial charge < -0.3 is 10.1 Å². The van der Waals surface area contributed by atoms with Gasteiger partial charge in [-0.25, -0.2) is 4.99 Å². The Hall–Kier alpha value is -3.06. The number of carbonyl (C=O) groups is 1. The number of rotatable bonds is 3. The molecule has 4 nitrogen and oxygen atoms in total. The van der Waals surface area contributed by atoms with Crippen LogP contribution in [0.2, 0.25) is 0 Å². The fraction of sp³-hybridized carbons (Fsp3) is 0.0588. The molecule has 0 radical (unpaired) electrons. The van der Waals surface area contributed by atoms with Crippen LogP contribution in [0, 0.1) is 12.3 Å². The number of aliphatic imine (C=N–C) groups is 1. The Kier molecular flexibility index (Phi) is 3.40. The van der Waals surface area contributed by atoms with E-state index in [1.54, 1.807) is 12.1 Å². The molecule has 0 aliphatic carbocycles. The molecule has 1 N–H and O–H groups in total. The highest BCUT2D eigenvalue weighted by molar-refractivity contribution is 6.54. The van der Waals surface area contributed by atoms with E-state index in [9.17, 15) is 4.79 Å². The van der Waals surface area contributed by atoms with E-state index in [4.69, 9.17) is 11.2 Å². The molecule has 21 heavy (non-hydrogen) atoms. The fourth-order valence-corrected chi connectivity index (χ4v) is 2.11. The van der Waals surface area contributed by atoms with Gasteiger partial charge in [0.2, 0.25) is 0 Å². The monoisotopic (exact) mass is 276 g/mol. The highest BCUT2D eigenvalue weighted by atomic mass is 16.5. The Morgan fingerprint density at radius 1 is 1.19 bits per heavy atom. The van der Waals surface area contributed by atoms with Crippen LogP contribution in [-0.2, 0) is 4.79 Å². The normalized spacial score (nSPS) is 14.4. The minimum atomic E-state index is -0.203. The molecule has 1 aliphatic heterocycles. The van der Waals surface area contributed by atoms with Gasteiger partial charge in [-0.05, 0) is 18.2 Å². The number of anilines is 1. The molecule has 2 aromatic rings. The van der Waals surface area contributed by atoms with Crippen LogP contribution in [0.15, 0.2) is 53.5 Å². The first-order valence-corrected chi connectivity index (χ1v) is 6.44. The first-order chi connectivity index (χ1) is 10.3. The van der Waals surface area contributed by atoms with Gasteiger partial charge in [0, 0.05) is 11.6 Å². The van der Waals surface area contributed by atoms with Crippen molar-refractivity contribution in [3.05, 3.63) is 54.1 Å². The summed E-state index contributed by atoms with van der Waals surface area (Å²) in [5, 5.41) is 2.79. The van der Waals surface area contributed by atoms with Crippen LogP contribution in [0.1, 0.15) is 5.56 Å². The second-order valence-corrected chi connectivity index (χ2v) is 4.45. The number of benzene rings is 2. The summed E-state index contributed by atoms with van der Waals surface area (Å²) in [5.41, 5.74) is 2.63. The first kappa shape index (κ1) is 12.9. The molecule has 0 fully saturated rings. The topological polar surface area (TPSA) is 50.7 Å². The van der Waals surface area contributed by atoms with E-state index < -0.39 is 0 Å². The van der Waals surface area contributed by atoms with Crippen molar-refractivity contribution in [1.29, 1.82) is 0 Å². The summed E-state index contributed by atoms with van der Waals surface area (Å²) in [4.78, 5) is 16.4. The van der Waals surface area contributed by atoms with Gasteiger partial charge in [0.25, 0.3) is 5.91 Å². The molecule has 102 valence electrons. The average Bonchev–Trinajstić information content (AvgIpc) is 2.82. The maximum atomic E-state index is 12.0. The van der Waals surface area contributed by atoms with Crippen LogP contribution in [-0.4, -0.2) is 18.2 Å². The van der Waals surface area contributed by atoms with E-state index in [1.807, 2.05) is 36.4 Å². The van der Waals surface area contributed by atoms with Gasteiger partial charge in [-0.15, -0.1) is 6.42 Å². The molecule has 2 aromatic carbocycles. The molecule has 0 spiro atoms. The molecule has 0 saturated carbocycles. The number of carbonyl (C=O) groups excluding carboxylic acids is 1. The number of ether oxygens (including phenoxy) is 1. The largest absolute Gasteiger partial charge is 0.481 e. The van der Waals surface area contributed by atoms with Gasteiger partial charge in [0.1, 0.15) is 18.1 Å². The summed E-state index contributed by atoms with van der Waals surface area (Å²) in [6, 6.07) is 14.6. The van der Waals surface area contributed by atoms with Crippen LogP contribution in [0.4, 0.5) is 11.4 Å². The second kappa shape index (κ2) is 5.51. The van der Waals surface area contributed by atoms with E-state index in [0.29, 0.717) is 17.1 Å². The number of fused-ring (bicyclic) bond motifs is 1. The highest BCUT2D eigenvalue weighted by Gasteiger charge is 2.25. The minimum Gasteiger partial charge on any atom is -0.481 e. The maximum Gasteiger partial charge on any atom is 0.275 e. The van der Waals surface area contributed by atoms with Gasteiger partial charge in [0.05, 0.1) is 11.4 Å². The van der Waals surface area contributed by atoms with Gasteiger partial charge in [-0.3, -0.25) is 4.79 Å². The first-order valence-electron chi connectivity index (χ1n) is 6.44. The lowest BCUT2D eigenvalue weighted by Gasteiger charge is -2.03. The Balaban J connectivity index is 1.95. The van der Waals surface area contributed by atoms with Gasteiger partial charge in [-0.2, -0.15) is 0 Å². The lowest BCUT2D eigenvalue weighted by molar-refractivity contribution is -0.110. The Bertz CT molecular complexity index is 772. The summed E-state index contributed by atoms with van der Waals surface area (Å²) in [5.74, 6) is 2.83. The lowest BCUT2D eigenvalue weighted by Crippen LogP contribution is -2.13.